The maximum absolute atomic E-state index is 9.34. The maximum Gasteiger partial charge on any atom is 0.0471 e. The molecule has 0 amide bonds. The molecule has 6 rings (SSSR count). The summed E-state index contributed by atoms with van der Waals surface area (Å²) in [6.45, 7) is 0.308. The highest BCUT2D eigenvalue weighted by molar-refractivity contribution is 5.78. The molecule has 218 valence electrons. The fraction of sp³-hybridized carbons (Fsp3) is 0.122. The molecule has 0 bridgehead atoms. The molecule has 0 aliphatic heterocycles. The van der Waals surface area contributed by atoms with E-state index < -0.39 is 0 Å². The van der Waals surface area contributed by atoms with Gasteiger partial charge in [-0.1, -0.05) is 121 Å². The fourth-order valence-corrected chi connectivity index (χ4v) is 5.86. The van der Waals surface area contributed by atoms with Crippen molar-refractivity contribution >= 4 is 17.1 Å². The van der Waals surface area contributed by atoms with Crippen molar-refractivity contribution in [1.29, 1.82) is 0 Å². The van der Waals surface area contributed by atoms with Crippen LogP contribution in [0.5, 0.6) is 0 Å². The van der Waals surface area contributed by atoms with E-state index in [1.54, 1.807) is 0 Å². The summed E-state index contributed by atoms with van der Waals surface area (Å²) in [5, 5.41) is 18.7. The molecule has 0 heterocycles. The van der Waals surface area contributed by atoms with Gasteiger partial charge in [-0.25, -0.2) is 0 Å². The van der Waals surface area contributed by atoms with Crippen molar-refractivity contribution in [3.63, 3.8) is 0 Å². The zero-order valence-electron chi connectivity index (χ0n) is 24.8. The number of hydrogen-bond acceptors (Lipinski definition) is 3. The van der Waals surface area contributed by atoms with Crippen LogP contribution in [0.2, 0.25) is 0 Å². The lowest BCUT2D eigenvalue weighted by atomic mass is 9.84. The first-order chi connectivity index (χ1) is 21.7. The van der Waals surface area contributed by atoms with E-state index in [4.69, 9.17) is 0 Å². The summed E-state index contributed by atoms with van der Waals surface area (Å²) in [6, 6.07) is 55.7. The quantitative estimate of drug-likeness (QED) is 0.152. The van der Waals surface area contributed by atoms with Gasteiger partial charge in [0.2, 0.25) is 0 Å². The van der Waals surface area contributed by atoms with Crippen molar-refractivity contribution in [3.05, 3.63) is 186 Å². The molecular formula is C41H37NO2. The molecule has 6 aromatic carbocycles. The van der Waals surface area contributed by atoms with Crippen LogP contribution in [0.15, 0.2) is 158 Å². The van der Waals surface area contributed by atoms with Gasteiger partial charge in [0.05, 0.1) is 0 Å². The predicted octanol–water partition coefficient (Wildman–Crippen LogP) is 9.07. The number of hydrogen-bond donors (Lipinski definition) is 2. The number of aliphatic hydroxyl groups is 2. The molecule has 0 saturated carbocycles. The Bertz CT molecular complexity index is 1600. The van der Waals surface area contributed by atoms with Crippen molar-refractivity contribution < 1.29 is 10.2 Å². The highest BCUT2D eigenvalue weighted by atomic mass is 16.3. The summed E-state index contributed by atoms with van der Waals surface area (Å²) < 4.78 is 0. The minimum atomic E-state index is 0.124. The lowest BCUT2D eigenvalue weighted by Gasteiger charge is -2.26. The second kappa shape index (κ2) is 14.0. The second-order valence-corrected chi connectivity index (χ2v) is 11.0. The second-order valence-electron chi connectivity index (χ2n) is 11.0. The smallest absolute Gasteiger partial charge is 0.0471 e. The van der Waals surface area contributed by atoms with Gasteiger partial charge in [0, 0.05) is 36.2 Å². The minimum Gasteiger partial charge on any atom is -0.396 e. The van der Waals surface area contributed by atoms with Crippen molar-refractivity contribution in [1.82, 2.24) is 0 Å². The molecule has 44 heavy (non-hydrogen) atoms. The van der Waals surface area contributed by atoms with Gasteiger partial charge in [-0.05, 0) is 88.2 Å². The van der Waals surface area contributed by atoms with E-state index in [1.807, 2.05) is 6.07 Å². The summed E-state index contributed by atoms with van der Waals surface area (Å²) in [4.78, 5) is 2.26. The van der Waals surface area contributed by atoms with Gasteiger partial charge >= 0.3 is 0 Å². The zero-order chi connectivity index (χ0) is 30.1. The van der Waals surface area contributed by atoms with Crippen LogP contribution in [0.3, 0.4) is 0 Å². The van der Waals surface area contributed by atoms with Crippen molar-refractivity contribution in [3.8, 4) is 11.1 Å². The average Bonchev–Trinajstić information content (AvgIpc) is 3.09. The van der Waals surface area contributed by atoms with Gasteiger partial charge in [-0.15, -0.1) is 0 Å². The highest BCUT2D eigenvalue weighted by Gasteiger charge is 2.17. The van der Waals surface area contributed by atoms with Crippen LogP contribution in [-0.4, -0.2) is 23.4 Å². The molecule has 1 atom stereocenters. The number of anilines is 3. The predicted molar refractivity (Wildman–Crippen MR) is 182 cm³/mol. The summed E-state index contributed by atoms with van der Waals surface area (Å²) in [7, 11) is 0. The van der Waals surface area contributed by atoms with Crippen LogP contribution >= 0.6 is 0 Å². The molecular weight excluding hydrogens is 538 g/mol. The fourth-order valence-electron chi connectivity index (χ4n) is 5.86. The standard InChI is InChI=1S/C41H37NO2/c43-29-27-31-11-15-36(16-12-31)41(35-7-3-1-4-8-35)37-19-17-33(18-20-37)34-21-25-40(26-22-34)42(38-9-5-2-6-10-38)39-23-13-32(14-24-39)28-30-44/h1-26,41,43-44H,27-30H2. The van der Waals surface area contributed by atoms with Gasteiger partial charge in [0.25, 0.3) is 0 Å². The Balaban J connectivity index is 1.28. The third kappa shape index (κ3) is 6.65. The minimum absolute atomic E-state index is 0.124. The van der Waals surface area contributed by atoms with E-state index in [2.05, 4.69) is 157 Å². The van der Waals surface area contributed by atoms with Crippen molar-refractivity contribution in [2.45, 2.75) is 18.8 Å². The monoisotopic (exact) mass is 575 g/mol. The van der Waals surface area contributed by atoms with Crippen molar-refractivity contribution in [2.75, 3.05) is 18.1 Å². The number of para-hydroxylation sites is 1. The van der Waals surface area contributed by atoms with Crippen LogP contribution < -0.4 is 4.90 Å². The highest BCUT2D eigenvalue weighted by Crippen LogP contribution is 2.37. The molecule has 1 unspecified atom stereocenters. The lowest BCUT2D eigenvalue weighted by Crippen LogP contribution is -2.09. The van der Waals surface area contributed by atoms with Crippen LogP contribution in [-0.2, 0) is 12.8 Å². The number of rotatable bonds is 11. The van der Waals surface area contributed by atoms with E-state index in [1.165, 1.54) is 22.3 Å². The molecule has 0 aliphatic rings. The summed E-state index contributed by atoms with van der Waals surface area (Å²) in [5.74, 6) is 0.124. The summed E-state index contributed by atoms with van der Waals surface area (Å²) >= 11 is 0. The van der Waals surface area contributed by atoms with E-state index >= 15 is 0 Å². The first-order valence-corrected chi connectivity index (χ1v) is 15.2. The molecule has 0 aliphatic carbocycles. The SMILES string of the molecule is OCCc1ccc(C(c2ccccc2)c2ccc(-c3ccc(N(c4ccccc4)c4ccc(CCO)cc4)cc3)cc2)cc1. The van der Waals surface area contributed by atoms with E-state index in [-0.39, 0.29) is 19.1 Å². The topological polar surface area (TPSA) is 43.7 Å². The van der Waals surface area contributed by atoms with Crippen LogP contribution in [0.1, 0.15) is 33.7 Å². The van der Waals surface area contributed by atoms with Gasteiger partial charge in [-0.3, -0.25) is 0 Å². The molecule has 0 spiro atoms. The van der Waals surface area contributed by atoms with Gasteiger partial charge in [0.15, 0.2) is 0 Å². The van der Waals surface area contributed by atoms with Gasteiger partial charge in [0.1, 0.15) is 0 Å². The number of benzene rings is 6. The number of nitrogens with zero attached hydrogens (tertiary/aromatic N) is 1. The summed E-state index contributed by atoms with van der Waals surface area (Å²) in [5.41, 5.74) is 11.6. The maximum atomic E-state index is 9.34. The van der Waals surface area contributed by atoms with Crippen LogP contribution in [0.4, 0.5) is 17.1 Å². The van der Waals surface area contributed by atoms with E-state index in [0.29, 0.717) is 12.8 Å². The largest absolute Gasteiger partial charge is 0.396 e. The number of aliphatic hydroxyl groups excluding tert-OH is 2. The Hall–Kier alpha value is -4.96. The molecule has 0 radical (unpaired) electrons. The van der Waals surface area contributed by atoms with Crippen LogP contribution in [0.25, 0.3) is 11.1 Å². The Morgan fingerprint density at radius 3 is 1.25 bits per heavy atom. The average molecular weight is 576 g/mol. The van der Waals surface area contributed by atoms with Gasteiger partial charge in [-0.2, -0.15) is 0 Å². The molecule has 0 aromatic heterocycles. The summed E-state index contributed by atoms with van der Waals surface area (Å²) in [6.07, 6.45) is 1.33. The first-order valence-electron chi connectivity index (χ1n) is 15.2. The van der Waals surface area contributed by atoms with Crippen LogP contribution in [0, 0.1) is 0 Å². The van der Waals surface area contributed by atoms with E-state index in [9.17, 15) is 10.2 Å². The third-order valence-corrected chi connectivity index (χ3v) is 8.16. The normalized spacial score (nSPS) is 11.7. The third-order valence-electron chi connectivity index (χ3n) is 8.16. The first kappa shape index (κ1) is 29.1. The Kier molecular flexibility index (Phi) is 9.27. The Labute approximate surface area is 260 Å². The Morgan fingerprint density at radius 2 is 0.750 bits per heavy atom. The molecule has 6 aromatic rings. The molecule has 3 heteroatoms. The molecule has 0 fully saturated rings. The molecule has 3 nitrogen and oxygen atoms in total. The van der Waals surface area contributed by atoms with E-state index in [0.717, 1.165) is 33.8 Å². The molecule has 0 saturated heterocycles. The lowest BCUT2D eigenvalue weighted by molar-refractivity contribution is 0.299. The Morgan fingerprint density at radius 1 is 0.386 bits per heavy atom. The zero-order valence-corrected chi connectivity index (χ0v) is 24.8. The molecule has 2 N–H and O–H groups in total. The van der Waals surface area contributed by atoms with Crippen molar-refractivity contribution in [2.24, 2.45) is 0 Å². The van der Waals surface area contributed by atoms with Gasteiger partial charge < -0.3 is 15.1 Å².